The molecular formula is C15H21N. The molecule has 86 valence electrons. The minimum atomic E-state index is 0.270. The Kier molecular flexibility index (Phi) is 2.32. The second-order valence-electron chi connectivity index (χ2n) is 5.86. The molecule has 3 unspecified atom stereocenters. The highest BCUT2D eigenvalue weighted by atomic mass is 14.7. The zero-order valence-corrected chi connectivity index (χ0v) is 10.2. The fourth-order valence-corrected chi connectivity index (χ4v) is 3.30. The van der Waals surface area contributed by atoms with Gasteiger partial charge in [0.2, 0.25) is 0 Å². The minimum absolute atomic E-state index is 0.270. The molecule has 0 bridgehead atoms. The van der Waals surface area contributed by atoms with Crippen molar-refractivity contribution in [3.8, 4) is 0 Å². The Hall–Kier alpha value is -0.820. The summed E-state index contributed by atoms with van der Waals surface area (Å²) < 4.78 is 0. The van der Waals surface area contributed by atoms with E-state index in [1.54, 1.807) is 0 Å². The van der Waals surface area contributed by atoms with Crippen LogP contribution in [0.2, 0.25) is 0 Å². The van der Waals surface area contributed by atoms with E-state index in [1.807, 2.05) is 0 Å². The Morgan fingerprint density at radius 1 is 1.06 bits per heavy atom. The van der Waals surface area contributed by atoms with E-state index in [-0.39, 0.29) is 6.04 Å². The smallest absolute Gasteiger partial charge is 0.0323 e. The summed E-state index contributed by atoms with van der Waals surface area (Å²) in [6.07, 6.45) is 4.23. The van der Waals surface area contributed by atoms with E-state index in [9.17, 15) is 0 Å². The van der Waals surface area contributed by atoms with Gasteiger partial charge in [-0.3, -0.25) is 0 Å². The first-order valence-corrected chi connectivity index (χ1v) is 6.48. The molecule has 3 atom stereocenters. The molecule has 0 heterocycles. The van der Waals surface area contributed by atoms with Crippen LogP contribution < -0.4 is 5.73 Å². The molecule has 2 aliphatic rings. The molecule has 1 aromatic carbocycles. The van der Waals surface area contributed by atoms with E-state index >= 15 is 0 Å². The van der Waals surface area contributed by atoms with Crippen LogP contribution in [0.25, 0.3) is 0 Å². The number of nitrogens with two attached hydrogens (primary N) is 1. The lowest BCUT2D eigenvalue weighted by molar-refractivity contribution is 0.404. The third kappa shape index (κ3) is 1.67. The quantitative estimate of drug-likeness (QED) is 0.804. The second kappa shape index (κ2) is 3.59. The zero-order valence-electron chi connectivity index (χ0n) is 10.2. The minimum Gasteiger partial charge on any atom is -0.324 e. The first-order chi connectivity index (χ1) is 7.65. The van der Waals surface area contributed by atoms with Gasteiger partial charge in [-0.25, -0.2) is 0 Å². The summed E-state index contributed by atoms with van der Waals surface area (Å²) in [5.74, 6) is 2.80. The van der Waals surface area contributed by atoms with Crippen molar-refractivity contribution in [2.45, 2.75) is 39.2 Å². The molecule has 1 nitrogen and oxygen atoms in total. The highest BCUT2D eigenvalue weighted by molar-refractivity contribution is 5.32. The largest absolute Gasteiger partial charge is 0.324 e. The van der Waals surface area contributed by atoms with Gasteiger partial charge in [-0.2, -0.15) is 0 Å². The van der Waals surface area contributed by atoms with Crippen LogP contribution in [0, 0.1) is 31.6 Å². The summed E-state index contributed by atoms with van der Waals surface area (Å²) in [7, 11) is 0. The number of aryl methyl sites for hydroxylation is 2. The third-order valence-corrected chi connectivity index (χ3v) is 4.70. The van der Waals surface area contributed by atoms with Crippen molar-refractivity contribution in [2.24, 2.45) is 23.5 Å². The van der Waals surface area contributed by atoms with E-state index in [1.165, 1.54) is 36.0 Å². The number of hydrogen-bond acceptors (Lipinski definition) is 1. The highest BCUT2D eigenvalue weighted by Gasteiger charge is 2.47. The van der Waals surface area contributed by atoms with Crippen LogP contribution >= 0.6 is 0 Å². The van der Waals surface area contributed by atoms with Gasteiger partial charge in [0, 0.05) is 6.04 Å². The van der Waals surface area contributed by atoms with Crippen molar-refractivity contribution in [3.63, 3.8) is 0 Å². The topological polar surface area (TPSA) is 26.0 Å². The lowest BCUT2D eigenvalue weighted by Gasteiger charge is -2.21. The predicted octanol–water partition coefficient (Wildman–Crippen LogP) is 3.35. The number of benzene rings is 1. The van der Waals surface area contributed by atoms with Gasteiger partial charge in [0.15, 0.2) is 0 Å². The van der Waals surface area contributed by atoms with Gasteiger partial charge in [0.1, 0.15) is 0 Å². The van der Waals surface area contributed by atoms with E-state index in [2.05, 4.69) is 32.0 Å². The fourth-order valence-electron chi connectivity index (χ4n) is 3.30. The first kappa shape index (κ1) is 10.3. The average molecular weight is 215 g/mol. The SMILES string of the molecule is Cc1ccc(C(N)C2CC3CC3C2)cc1C. The fraction of sp³-hybridized carbons (Fsp3) is 0.600. The van der Waals surface area contributed by atoms with Gasteiger partial charge < -0.3 is 5.73 Å². The normalized spacial score (nSPS) is 33.6. The van der Waals surface area contributed by atoms with Gasteiger partial charge >= 0.3 is 0 Å². The molecule has 2 fully saturated rings. The Morgan fingerprint density at radius 2 is 1.75 bits per heavy atom. The molecule has 2 aliphatic carbocycles. The van der Waals surface area contributed by atoms with Crippen LogP contribution in [0.4, 0.5) is 0 Å². The van der Waals surface area contributed by atoms with Crippen molar-refractivity contribution in [1.82, 2.24) is 0 Å². The number of hydrogen-bond donors (Lipinski definition) is 1. The molecule has 0 aliphatic heterocycles. The first-order valence-electron chi connectivity index (χ1n) is 6.48. The maximum Gasteiger partial charge on any atom is 0.0323 e. The molecular weight excluding hydrogens is 194 g/mol. The molecule has 0 saturated heterocycles. The maximum absolute atomic E-state index is 6.40. The van der Waals surface area contributed by atoms with Gasteiger partial charge in [-0.15, -0.1) is 0 Å². The lowest BCUT2D eigenvalue weighted by atomic mass is 9.88. The van der Waals surface area contributed by atoms with Crippen LogP contribution in [-0.2, 0) is 0 Å². The summed E-state index contributed by atoms with van der Waals surface area (Å²) in [5, 5.41) is 0. The van der Waals surface area contributed by atoms with Crippen molar-refractivity contribution in [3.05, 3.63) is 34.9 Å². The molecule has 1 aromatic rings. The van der Waals surface area contributed by atoms with Crippen LogP contribution in [0.1, 0.15) is 42.0 Å². The summed E-state index contributed by atoms with van der Waals surface area (Å²) in [6, 6.07) is 6.98. The van der Waals surface area contributed by atoms with Crippen LogP contribution in [0.15, 0.2) is 18.2 Å². The summed E-state index contributed by atoms with van der Waals surface area (Å²) >= 11 is 0. The Labute approximate surface area is 98.0 Å². The van der Waals surface area contributed by atoms with Crippen molar-refractivity contribution in [2.75, 3.05) is 0 Å². The summed E-state index contributed by atoms with van der Waals surface area (Å²) in [4.78, 5) is 0. The summed E-state index contributed by atoms with van der Waals surface area (Å²) in [5.41, 5.74) is 10.5. The second-order valence-corrected chi connectivity index (χ2v) is 5.86. The maximum atomic E-state index is 6.40. The number of rotatable bonds is 2. The predicted molar refractivity (Wildman–Crippen MR) is 67.2 cm³/mol. The van der Waals surface area contributed by atoms with Gasteiger partial charge in [0.05, 0.1) is 0 Å². The molecule has 0 amide bonds. The van der Waals surface area contributed by atoms with Crippen molar-refractivity contribution >= 4 is 0 Å². The van der Waals surface area contributed by atoms with E-state index < -0.39 is 0 Å². The van der Waals surface area contributed by atoms with Crippen molar-refractivity contribution < 1.29 is 0 Å². The van der Waals surface area contributed by atoms with Gasteiger partial charge in [-0.05, 0) is 67.6 Å². The molecule has 0 radical (unpaired) electrons. The Morgan fingerprint density at radius 3 is 2.38 bits per heavy atom. The van der Waals surface area contributed by atoms with E-state index in [4.69, 9.17) is 5.73 Å². The Balaban J connectivity index is 1.77. The molecule has 0 aromatic heterocycles. The molecule has 16 heavy (non-hydrogen) atoms. The standard InChI is InChI=1S/C15H21N/c1-9-3-4-11(5-10(9)2)15(16)14-7-12-6-13(12)8-14/h3-5,12-15H,6-8,16H2,1-2H3. The molecule has 0 spiro atoms. The van der Waals surface area contributed by atoms with Gasteiger partial charge in [-0.1, -0.05) is 18.2 Å². The molecule has 2 saturated carbocycles. The molecule has 1 heteroatoms. The van der Waals surface area contributed by atoms with Crippen molar-refractivity contribution in [1.29, 1.82) is 0 Å². The molecule has 2 N–H and O–H groups in total. The Bertz CT molecular complexity index is 400. The average Bonchev–Trinajstić information content (AvgIpc) is 2.89. The summed E-state index contributed by atoms with van der Waals surface area (Å²) in [6.45, 7) is 4.34. The van der Waals surface area contributed by atoms with Crippen LogP contribution in [0.3, 0.4) is 0 Å². The van der Waals surface area contributed by atoms with E-state index in [0.717, 1.165) is 17.8 Å². The highest BCUT2D eigenvalue weighted by Crippen LogP contribution is 2.56. The van der Waals surface area contributed by atoms with Gasteiger partial charge in [0.25, 0.3) is 0 Å². The van der Waals surface area contributed by atoms with Crippen LogP contribution in [0.5, 0.6) is 0 Å². The molecule has 3 rings (SSSR count). The monoisotopic (exact) mass is 215 g/mol. The van der Waals surface area contributed by atoms with E-state index in [0.29, 0.717) is 0 Å². The lowest BCUT2D eigenvalue weighted by Crippen LogP contribution is -2.20. The van der Waals surface area contributed by atoms with Crippen LogP contribution in [-0.4, -0.2) is 0 Å². The number of fused-ring (bicyclic) bond motifs is 1. The zero-order chi connectivity index (χ0) is 11.3. The third-order valence-electron chi connectivity index (χ3n) is 4.70.